The SMILES string of the molecule is CCC(CC)N(CCOC)C(=O)OC. The average Bonchev–Trinajstić information content (AvgIpc) is 2.23. The van der Waals surface area contributed by atoms with E-state index in [1.165, 1.54) is 7.11 Å². The second-order valence-corrected chi connectivity index (χ2v) is 3.13. The number of methoxy groups -OCH3 is 2. The topological polar surface area (TPSA) is 38.8 Å². The van der Waals surface area contributed by atoms with Gasteiger partial charge in [0.15, 0.2) is 0 Å². The van der Waals surface area contributed by atoms with E-state index in [9.17, 15) is 4.79 Å². The molecule has 0 atom stereocenters. The monoisotopic (exact) mass is 203 g/mol. The zero-order chi connectivity index (χ0) is 11.0. The molecule has 0 unspecified atom stereocenters. The molecule has 0 aromatic heterocycles. The molecule has 0 radical (unpaired) electrons. The van der Waals surface area contributed by atoms with Crippen LogP contribution in [-0.4, -0.2) is 44.4 Å². The molecule has 0 saturated heterocycles. The molecule has 0 N–H and O–H groups in total. The Hall–Kier alpha value is -0.770. The standard InChI is InChI=1S/C10H21NO3/c1-5-9(6-2)11(7-8-13-3)10(12)14-4/h9H,5-8H2,1-4H3. The summed E-state index contributed by atoms with van der Waals surface area (Å²) in [7, 11) is 3.03. The highest BCUT2D eigenvalue weighted by molar-refractivity contribution is 5.67. The van der Waals surface area contributed by atoms with Gasteiger partial charge in [0.2, 0.25) is 0 Å². The third-order valence-electron chi connectivity index (χ3n) is 2.33. The smallest absolute Gasteiger partial charge is 0.409 e. The minimum atomic E-state index is -0.268. The number of nitrogens with zero attached hydrogens (tertiary/aromatic N) is 1. The number of hydrogen-bond donors (Lipinski definition) is 0. The maximum atomic E-state index is 11.4. The van der Waals surface area contributed by atoms with Crippen LogP contribution in [0.5, 0.6) is 0 Å². The summed E-state index contributed by atoms with van der Waals surface area (Å²) in [6.45, 7) is 5.27. The van der Waals surface area contributed by atoms with E-state index in [0.717, 1.165) is 12.8 Å². The molecule has 84 valence electrons. The first kappa shape index (κ1) is 13.2. The Morgan fingerprint density at radius 1 is 1.29 bits per heavy atom. The van der Waals surface area contributed by atoms with Crippen LogP contribution >= 0.6 is 0 Å². The van der Waals surface area contributed by atoms with Crippen molar-refractivity contribution in [2.45, 2.75) is 32.7 Å². The minimum Gasteiger partial charge on any atom is -0.453 e. The van der Waals surface area contributed by atoms with Crippen molar-refractivity contribution in [1.82, 2.24) is 4.90 Å². The molecule has 0 rings (SSSR count). The van der Waals surface area contributed by atoms with Crippen molar-refractivity contribution in [3.05, 3.63) is 0 Å². The average molecular weight is 203 g/mol. The van der Waals surface area contributed by atoms with Gasteiger partial charge < -0.3 is 14.4 Å². The molecule has 14 heavy (non-hydrogen) atoms. The second-order valence-electron chi connectivity index (χ2n) is 3.13. The molecule has 0 aliphatic rings. The lowest BCUT2D eigenvalue weighted by Crippen LogP contribution is -2.41. The van der Waals surface area contributed by atoms with Crippen LogP contribution in [0.15, 0.2) is 0 Å². The van der Waals surface area contributed by atoms with Crippen LogP contribution in [0.4, 0.5) is 4.79 Å². The van der Waals surface area contributed by atoms with Crippen molar-refractivity contribution < 1.29 is 14.3 Å². The molecule has 0 saturated carbocycles. The Bertz CT molecular complexity index is 157. The van der Waals surface area contributed by atoms with Gasteiger partial charge in [-0.3, -0.25) is 0 Å². The Balaban J connectivity index is 4.27. The van der Waals surface area contributed by atoms with E-state index in [1.807, 2.05) is 0 Å². The third-order valence-corrected chi connectivity index (χ3v) is 2.33. The Morgan fingerprint density at radius 3 is 2.21 bits per heavy atom. The summed E-state index contributed by atoms with van der Waals surface area (Å²) in [4.78, 5) is 13.2. The molecule has 0 bridgehead atoms. The lowest BCUT2D eigenvalue weighted by molar-refractivity contribution is 0.0818. The van der Waals surface area contributed by atoms with Gasteiger partial charge >= 0.3 is 6.09 Å². The van der Waals surface area contributed by atoms with Crippen molar-refractivity contribution in [3.8, 4) is 0 Å². The van der Waals surface area contributed by atoms with Gasteiger partial charge in [-0.2, -0.15) is 0 Å². The molecule has 0 heterocycles. The van der Waals surface area contributed by atoms with Crippen LogP contribution in [0.25, 0.3) is 0 Å². The summed E-state index contributed by atoms with van der Waals surface area (Å²) in [6, 6.07) is 0.248. The number of amides is 1. The van der Waals surface area contributed by atoms with E-state index < -0.39 is 0 Å². The summed E-state index contributed by atoms with van der Waals surface area (Å²) in [5.41, 5.74) is 0. The van der Waals surface area contributed by atoms with Gasteiger partial charge in [-0.15, -0.1) is 0 Å². The van der Waals surface area contributed by atoms with E-state index in [0.29, 0.717) is 13.2 Å². The van der Waals surface area contributed by atoms with E-state index >= 15 is 0 Å². The highest BCUT2D eigenvalue weighted by Gasteiger charge is 2.20. The largest absolute Gasteiger partial charge is 0.453 e. The molecule has 1 amide bonds. The zero-order valence-electron chi connectivity index (χ0n) is 9.58. The molecular weight excluding hydrogens is 182 g/mol. The minimum absolute atomic E-state index is 0.248. The normalized spacial score (nSPS) is 10.4. The predicted octanol–water partition coefficient (Wildman–Crippen LogP) is 1.89. The van der Waals surface area contributed by atoms with Gasteiger partial charge in [-0.1, -0.05) is 13.8 Å². The highest BCUT2D eigenvalue weighted by atomic mass is 16.5. The van der Waals surface area contributed by atoms with Crippen LogP contribution < -0.4 is 0 Å². The van der Waals surface area contributed by atoms with Crippen LogP contribution in [0.2, 0.25) is 0 Å². The molecule has 0 aliphatic carbocycles. The maximum absolute atomic E-state index is 11.4. The van der Waals surface area contributed by atoms with Gasteiger partial charge in [-0.25, -0.2) is 4.79 Å². The maximum Gasteiger partial charge on any atom is 0.409 e. The first-order valence-electron chi connectivity index (χ1n) is 5.04. The van der Waals surface area contributed by atoms with E-state index in [2.05, 4.69) is 13.8 Å². The number of hydrogen-bond acceptors (Lipinski definition) is 3. The molecule has 0 aliphatic heterocycles. The van der Waals surface area contributed by atoms with E-state index in [4.69, 9.17) is 9.47 Å². The van der Waals surface area contributed by atoms with Gasteiger partial charge in [-0.05, 0) is 12.8 Å². The lowest BCUT2D eigenvalue weighted by Gasteiger charge is -2.28. The lowest BCUT2D eigenvalue weighted by atomic mass is 10.1. The van der Waals surface area contributed by atoms with Crippen LogP contribution in [-0.2, 0) is 9.47 Å². The number of rotatable bonds is 6. The first-order chi connectivity index (χ1) is 6.71. The summed E-state index contributed by atoms with van der Waals surface area (Å²) >= 11 is 0. The molecule has 4 heteroatoms. The van der Waals surface area contributed by atoms with Crippen molar-refractivity contribution in [2.24, 2.45) is 0 Å². The van der Waals surface area contributed by atoms with Crippen molar-refractivity contribution in [3.63, 3.8) is 0 Å². The summed E-state index contributed by atoms with van der Waals surface area (Å²) < 4.78 is 9.68. The van der Waals surface area contributed by atoms with E-state index in [-0.39, 0.29) is 12.1 Å². The predicted molar refractivity (Wildman–Crippen MR) is 55.4 cm³/mol. The van der Waals surface area contributed by atoms with Crippen molar-refractivity contribution in [2.75, 3.05) is 27.4 Å². The molecule has 4 nitrogen and oxygen atoms in total. The Morgan fingerprint density at radius 2 is 1.86 bits per heavy atom. The first-order valence-corrected chi connectivity index (χ1v) is 5.04. The van der Waals surface area contributed by atoms with Gasteiger partial charge in [0, 0.05) is 19.7 Å². The number of ether oxygens (including phenoxy) is 2. The molecule has 0 spiro atoms. The summed E-state index contributed by atoms with van der Waals surface area (Å²) in [5, 5.41) is 0. The Kier molecular flexibility index (Phi) is 7.20. The molecule has 0 aromatic carbocycles. The summed E-state index contributed by atoms with van der Waals surface area (Å²) in [6.07, 6.45) is 1.61. The number of carbonyl (C=O) groups excluding carboxylic acids is 1. The van der Waals surface area contributed by atoms with Crippen molar-refractivity contribution >= 4 is 6.09 Å². The Labute approximate surface area is 86.2 Å². The van der Waals surface area contributed by atoms with Crippen molar-refractivity contribution in [1.29, 1.82) is 0 Å². The number of carbonyl (C=O) groups is 1. The fraction of sp³-hybridized carbons (Fsp3) is 0.900. The molecule has 0 aromatic rings. The third kappa shape index (κ3) is 3.96. The van der Waals surface area contributed by atoms with Crippen LogP contribution in [0.1, 0.15) is 26.7 Å². The fourth-order valence-electron chi connectivity index (χ4n) is 1.46. The van der Waals surface area contributed by atoms with Gasteiger partial charge in [0.25, 0.3) is 0 Å². The zero-order valence-corrected chi connectivity index (χ0v) is 9.58. The van der Waals surface area contributed by atoms with Crippen LogP contribution in [0, 0.1) is 0 Å². The van der Waals surface area contributed by atoms with E-state index in [1.54, 1.807) is 12.0 Å². The molecule has 0 fully saturated rings. The van der Waals surface area contributed by atoms with Gasteiger partial charge in [0.1, 0.15) is 0 Å². The fourth-order valence-corrected chi connectivity index (χ4v) is 1.46. The second kappa shape index (κ2) is 7.62. The van der Waals surface area contributed by atoms with Gasteiger partial charge in [0.05, 0.1) is 13.7 Å². The highest BCUT2D eigenvalue weighted by Crippen LogP contribution is 2.09. The van der Waals surface area contributed by atoms with Crippen LogP contribution in [0.3, 0.4) is 0 Å². The molecular formula is C10H21NO3. The summed E-state index contributed by atoms with van der Waals surface area (Å²) in [5.74, 6) is 0. The quantitative estimate of drug-likeness (QED) is 0.661.